The molecule has 0 radical (unpaired) electrons. The molecule has 0 saturated carbocycles. The van der Waals surface area contributed by atoms with Crippen LogP contribution in [0.2, 0.25) is 0 Å². The van der Waals surface area contributed by atoms with Crippen LogP contribution in [0.25, 0.3) is 5.76 Å². The van der Waals surface area contributed by atoms with Crippen LogP contribution in [-0.4, -0.2) is 28.3 Å². The van der Waals surface area contributed by atoms with Crippen molar-refractivity contribution in [3.8, 4) is 0 Å². The summed E-state index contributed by atoms with van der Waals surface area (Å²) in [4.78, 5) is 0. The fourth-order valence-corrected chi connectivity index (χ4v) is 1.77. The molecule has 0 aliphatic carbocycles. The fraction of sp³-hybridized carbons (Fsp3) is 0.158. The molecule has 0 amide bonds. The first-order valence-electron chi connectivity index (χ1n) is 7.64. The Morgan fingerprint density at radius 2 is 1.45 bits per heavy atom. The van der Waals surface area contributed by atoms with Crippen molar-refractivity contribution < 1.29 is 46.4 Å². The molecule has 0 fully saturated rings. The zero-order chi connectivity index (χ0) is 19.5. The number of rotatable bonds is 4. The Labute approximate surface area is 187 Å². The van der Waals surface area contributed by atoms with Crippen molar-refractivity contribution >= 4 is 33.9 Å². The number of hydrogen-bond acceptors (Lipinski definition) is 6. The zero-order valence-corrected chi connectivity index (χ0v) is 18.9. The molecule has 0 spiro atoms. The van der Waals surface area contributed by atoms with Gasteiger partial charge in [0.05, 0.1) is 5.71 Å². The molecule has 0 bridgehead atoms. The first-order valence-corrected chi connectivity index (χ1v) is 9.61. The molecule has 10 heteroatoms. The molecule has 160 valence electrons. The minimum absolute atomic E-state index is 0. The minimum Gasteiger partial charge on any atom is -2.00 e. The predicted molar refractivity (Wildman–Crippen MR) is 106 cm³/mol. The molecule has 2 rings (SSSR count). The van der Waals surface area contributed by atoms with E-state index < -0.39 is 16.7 Å². The van der Waals surface area contributed by atoms with Crippen LogP contribution in [0, 0.1) is 0 Å². The molecule has 0 unspecified atom stereocenters. The molecule has 0 aromatic heterocycles. The standard InChI is InChI=1S/C17H17N3O2.C2H6OS.Mo.2O/c1-12(11-16(21)13-7-3-2-4-8-13)19-20-17(22)14-9-5-6-10-15(14)18;1-4(2)3;;;/h2-11,21H,18H2,1H3,(H,20,22);1-2H3;;;/q;;;2*-2/p-2/b16-11-,19-12+;;;;. The zero-order valence-electron chi connectivity index (χ0n) is 16.1. The SMILES string of the molecule is CC(/C=C(\[O-])c1ccccc1)=N\N=C(/[O-])c1ccccc1N.CS(C)=O.[Mo].[O-2].[O-2]. The molecule has 0 heterocycles. The Morgan fingerprint density at radius 1 is 0.966 bits per heavy atom. The number of nitrogen functional groups attached to an aromatic ring is 1. The molecule has 2 aromatic carbocycles. The molecule has 0 atom stereocenters. The third kappa shape index (κ3) is 12.7. The van der Waals surface area contributed by atoms with Gasteiger partial charge in [-0.1, -0.05) is 54.3 Å². The number of allylic oxidation sites excluding steroid dienone is 1. The summed E-state index contributed by atoms with van der Waals surface area (Å²) in [6.45, 7) is 1.60. The van der Waals surface area contributed by atoms with Crippen molar-refractivity contribution in [2.24, 2.45) is 10.2 Å². The van der Waals surface area contributed by atoms with E-state index in [0.29, 0.717) is 17.0 Å². The smallest absolute Gasteiger partial charge is 0.0593 e. The number of para-hydroxylation sites is 1. The maximum Gasteiger partial charge on any atom is 0.0593 e. The van der Waals surface area contributed by atoms with E-state index >= 15 is 0 Å². The minimum atomic E-state index is -0.611. The van der Waals surface area contributed by atoms with Crippen molar-refractivity contribution in [2.75, 3.05) is 18.2 Å². The van der Waals surface area contributed by atoms with Crippen molar-refractivity contribution in [3.05, 3.63) is 71.8 Å². The van der Waals surface area contributed by atoms with Gasteiger partial charge in [0.2, 0.25) is 0 Å². The second-order valence-electron chi connectivity index (χ2n) is 5.35. The number of nitrogens with two attached hydrogens (primary N) is 1. The Bertz CT molecular complexity index is 839. The molecular formula is C19H21MoN3O5S-6. The van der Waals surface area contributed by atoms with Gasteiger partial charge in [0.1, 0.15) is 0 Å². The van der Waals surface area contributed by atoms with Gasteiger partial charge in [-0.05, 0) is 24.6 Å². The summed E-state index contributed by atoms with van der Waals surface area (Å²) in [5, 5.41) is 31.2. The number of anilines is 1. The summed E-state index contributed by atoms with van der Waals surface area (Å²) >= 11 is 0. The van der Waals surface area contributed by atoms with Gasteiger partial charge in [0.25, 0.3) is 0 Å². The van der Waals surface area contributed by atoms with Crippen molar-refractivity contribution in [2.45, 2.75) is 6.92 Å². The molecule has 0 aliphatic rings. The van der Waals surface area contributed by atoms with E-state index in [1.165, 1.54) is 6.08 Å². The average Bonchev–Trinajstić information content (AvgIpc) is 2.60. The monoisotopic (exact) mass is 501 g/mol. The number of hydrogen-bond donors (Lipinski definition) is 1. The van der Waals surface area contributed by atoms with Crippen LogP contribution >= 0.6 is 0 Å². The maximum atomic E-state index is 11.9. The van der Waals surface area contributed by atoms with E-state index in [2.05, 4.69) is 10.2 Å². The predicted octanol–water partition coefficient (Wildman–Crippen LogP) is 0.908. The third-order valence-corrected chi connectivity index (χ3v) is 2.89. The second-order valence-corrected chi connectivity index (χ2v) is 6.83. The van der Waals surface area contributed by atoms with E-state index in [-0.39, 0.29) is 43.3 Å². The van der Waals surface area contributed by atoms with Gasteiger partial charge in [-0.25, -0.2) is 0 Å². The van der Waals surface area contributed by atoms with Crippen LogP contribution in [0.3, 0.4) is 0 Å². The van der Waals surface area contributed by atoms with Crippen LogP contribution in [0.15, 0.2) is 70.9 Å². The Balaban J connectivity index is -0.000000885. The van der Waals surface area contributed by atoms with Crippen LogP contribution < -0.4 is 15.9 Å². The summed E-state index contributed by atoms with van der Waals surface area (Å²) in [6.07, 6.45) is 4.61. The summed E-state index contributed by atoms with van der Waals surface area (Å²) in [5.74, 6) is -0.735. The third-order valence-electron chi connectivity index (χ3n) is 2.89. The average molecular weight is 499 g/mol. The van der Waals surface area contributed by atoms with Gasteiger partial charge >= 0.3 is 0 Å². The first-order chi connectivity index (χ1) is 12.3. The van der Waals surface area contributed by atoms with Gasteiger partial charge in [0.15, 0.2) is 0 Å². The molecular weight excluding hydrogens is 478 g/mol. The maximum absolute atomic E-state index is 11.9. The summed E-state index contributed by atoms with van der Waals surface area (Å²) in [5.41, 5.74) is 7.22. The van der Waals surface area contributed by atoms with E-state index in [9.17, 15) is 14.4 Å². The largest absolute Gasteiger partial charge is 2.00 e. The summed E-state index contributed by atoms with van der Waals surface area (Å²) in [6, 6.07) is 15.4. The Hall–Kier alpha value is -2.32. The van der Waals surface area contributed by atoms with E-state index in [1.54, 1.807) is 68.0 Å². The molecule has 0 saturated heterocycles. The molecule has 2 N–H and O–H groups in total. The van der Waals surface area contributed by atoms with Crippen molar-refractivity contribution in [3.63, 3.8) is 0 Å². The van der Waals surface area contributed by atoms with E-state index in [1.807, 2.05) is 6.07 Å². The first kappa shape index (κ1) is 31.4. The van der Waals surface area contributed by atoms with Crippen LogP contribution in [0.5, 0.6) is 0 Å². The van der Waals surface area contributed by atoms with Crippen LogP contribution in [0.1, 0.15) is 18.1 Å². The quantitative estimate of drug-likeness (QED) is 0.165. The van der Waals surface area contributed by atoms with Gasteiger partial charge in [-0.3, -0.25) is 4.21 Å². The van der Waals surface area contributed by atoms with Crippen LogP contribution in [0.4, 0.5) is 5.69 Å². The number of benzene rings is 2. The van der Waals surface area contributed by atoms with E-state index in [4.69, 9.17) is 5.73 Å². The molecule has 0 aliphatic heterocycles. The second kappa shape index (κ2) is 16.6. The van der Waals surface area contributed by atoms with Crippen molar-refractivity contribution in [1.82, 2.24) is 0 Å². The Morgan fingerprint density at radius 3 is 1.97 bits per heavy atom. The van der Waals surface area contributed by atoms with Gasteiger partial charge in [0, 0.05) is 61.5 Å². The molecule has 8 nitrogen and oxygen atoms in total. The number of nitrogens with zero attached hydrogens (tertiary/aromatic N) is 2. The topological polar surface area (TPSA) is 171 Å². The van der Waals surface area contributed by atoms with Crippen LogP contribution in [-0.2, 0) is 42.8 Å². The van der Waals surface area contributed by atoms with Gasteiger partial charge in [-0.15, -0.1) is 0 Å². The summed E-state index contributed by atoms with van der Waals surface area (Å²) < 4.78 is 9.56. The summed E-state index contributed by atoms with van der Waals surface area (Å²) in [7, 11) is -0.611. The Kier molecular flexibility index (Phi) is 18.0. The molecule has 2 aromatic rings. The van der Waals surface area contributed by atoms with Gasteiger partial charge < -0.3 is 26.9 Å². The van der Waals surface area contributed by atoms with Crippen molar-refractivity contribution in [1.29, 1.82) is 0 Å². The fourth-order valence-electron chi connectivity index (χ4n) is 1.77. The normalized spacial score (nSPS) is 11.2. The van der Waals surface area contributed by atoms with E-state index in [0.717, 1.165) is 0 Å². The molecule has 29 heavy (non-hydrogen) atoms. The van der Waals surface area contributed by atoms with Gasteiger partial charge in [-0.2, -0.15) is 10.2 Å².